The zero-order valence-electron chi connectivity index (χ0n) is 26.4. The summed E-state index contributed by atoms with van der Waals surface area (Å²) in [6.45, 7) is 17.2. The minimum atomic E-state index is -4.03. The Morgan fingerprint density at radius 3 is 1.72 bits per heavy atom. The van der Waals surface area contributed by atoms with Gasteiger partial charge in [0.2, 0.25) is 0 Å². The minimum absolute atomic E-state index is 0.110. The lowest BCUT2D eigenvalue weighted by Gasteiger charge is -2.31. The molecular weight excluding hydrogens is 558 g/mol. The van der Waals surface area contributed by atoms with E-state index in [9.17, 15) is 18.3 Å². The number of carboxylic acid groups (broad SMARTS) is 1. The normalized spacial score (nSPS) is 12.7. The first-order valence-electron chi connectivity index (χ1n) is 14.3. The van der Waals surface area contributed by atoms with Crippen LogP contribution in [0.1, 0.15) is 65.8 Å². The largest absolute Gasteiger partial charge is 0.479 e. The average molecular weight is 600 g/mol. The van der Waals surface area contributed by atoms with Crippen LogP contribution in [0.3, 0.4) is 0 Å². The van der Waals surface area contributed by atoms with Crippen molar-refractivity contribution < 1.29 is 23.1 Å². The monoisotopic (exact) mass is 599 g/mol. The molecule has 0 bridgehead atoms. The third kappa shape index (κ3) is 6.68. The number of ether oxygens (including phenoxy) is 1. The standard InChI is InChI=1S/C36H41NO5S/c1-21-15-17-27(19-23(21)3)30-25(5)31(28-18-16-22(2)24(4)20-28)33(37-43(40,41)29-13-11-10-12-14-29)26(6)32(30)34(35(38)39)42-36(7,8)9/h10-20,34,37H,1-9H3,(H,38,39). The van der Waals surface area contributed by atoms with Crippen LogP contribution in [-0.2, 0) is 19.6 Å². The SMILES string of the molecule is Cc1ccc(-c2c(C)c(-c3ccc(C)c(C)c3)c(C(OC(C)(C)C)C(=O)O)c(C)c2NS(=O)(=O)c2ccccc2)cc1C. The third-order valence-corrected chi connectivity index (χ3v) is 9.25. The Morgan fingerprint density at radius 1 is 0.744 bits per heavy atom. The fourth-order valence-electron chi connectivity index (χ4n) is 5.39. The van der Waals surface area contributed by atoms with Gasteiger partial charge in [0.25, 0.3) is 10.0 Å². The summed E-state index contributed by atoms with van der Waals surface area (Å²) in [5.74, 6) is -1.15. The van der Waals surface area contributed by atoms with Gasteiger partial charge in [0.15, 0.2) is 6.10 Å². The molecule has 226 valence electrons. The summed E-state index contributed by atoms with van der Waals surface area (Å²) in [6, 6.07) is 20.3. The van der Waals surface area contributed by atoms with Crippen molar-refractivity contribution in [2.24, 2.45) is 0 Å². The average Bonchev–Trinajstić information content (AvgIpc) is 2.92. The minimum Gasteiger partial charge on any atom is -0.479 e. The van der Waals surface area contributed by atoms with Gasteiger partial charge in [-0.3, -0.25) is 4.72 Å². The van der Waals surface area contributed by atoms with E-state index in [0.29, 0.717) is 27.9 Å². The first-order valence-corrected chi connectivity index (χ1v) is 15.8. The van der Waals surface area contributed by atoms with E-state index in [2.05, 4.69) is 10.8 Å². The number of aryl methyl sites for hydroxylation is 4. The Balaban J connectivity index is 2.19. The van der Waals surface area contributed by atoms with Crippen LogP contribution in [-0.4, -0.2) is 25.1 Å². The highest BCUT2D eigenvalue weighted by Crippen LogP contribution is 2.47. The second-order valence-corrected chi connectivity index (χ2v) is 13.9. The number of nitrogens with one attached hydrogen (secondary N) is 1. The van der Waals surface area contributed by atoms with Crippen LogP contribution in [0.4, 0.5) is 5.69 Å². The van der Waals surface area contributed by atoms with Gasteiger partial charge >= 0.3 is 5.97 Å². The lowest BCUT2D eigenvalue weighted by atomic mass is 9.81. The number of hydrogen-bond donors (Lipinski definition) is 2. The molecule has 0 radical (unpaired) electrons. The highest BCUT2D eigenvalue weighted by Gasteiger charge is 2.35. The molecule has 6 nitrogen and oxygen atoms in total. The molecule has 4 aromatic carbocycles. The number of sulfonamides is 1. The Kier molecular flexibility index (Phi) is 8.91. The van der Waals surface area contributed by atoms with Crippen LogP contribution in [0.15, 0.2) is 71.6 Å². The summed E-state index contributed by atoms with van der Waals surface area (Å²) >= 11 is 0. The van der Waals surface area contributed by atoms with E-state index in [-0.39, 0.29) is 4.90 Å². The van der Waals surface area contributed by atoms with Gasteiger partial charge in [-0.05, 0) is 125 Å². The van der Waals surface area contributed by atoms with E-state index in [0.717, 1.165) is 38.9 Å². The first-order chi connectivity index (χ1) is 20.0. The second-order valence-electron chi connectivity index (χ2n) is 12.3. The molecule has 4 aromatic rings. The molecule has 0 heterocycles. The maximum absolute atomic E-state index is 13.8. The molecule has 0 fully saturated rings. The summed E-state index contributed by atoms with van der Waals surface area (Å²) < 4.78 is 36.7. The molecule has 2 N–H and O–H groups in total. The lowest BCUT2D eigenvalue weighted by molar-refractivity contribution is -0.160. The second kappa shape index (κ2) is 12.0. The van der Waals surface area contributed by atoms with Crippen molar-refractivity contribution in [3.8, 4) is 22.3 Å². The molecule has 7 heteroatoms. The molecule has 0 spiro atoms. The van der Waals surface area contributed by atoms with E-state index in [4.69, 9.17) is 4.74 Å². The van der Waals surface area contributed by atoms with Crippen LogP contribution in [0.25, 0.3) is 22.3 Å². The van der Waals surface area contributed by atoms with Crippen molar-refractivity contribution in [3.05, 3.63) is 106 Å². The highest BCUT2D eigenvalue weighted by molar-refractivity contribution is 7.92. The highest BCUT2D eigenvalue weighted by atomic mass is 32.2. The van der Waals surface area contributed by atoms with E-state index >= 15 is 0 Å². The predicted molar refractivity (Wildman–Crippen MR) is 174 cm³/mol. The molecule has 43 heavy (non-hydrogen) atoms. The number of benzene rings is 4. The molecule has 0 saturated heterocycles. The molecule has 0 amide bonds. The van der Waals surface area contributed by atoms with Gasteiger partial charge in [-0.25, -0.2) is 13.2 Å². The molecule has 1 atom stereocenters. The van der Waals surface area contributed by atoms with Gasteiger partial charge in [0.1, 0.15) is 0 Å². The van der Waals surface area contributed by atoms with Gasteiger partial charge < -0.3 is 9.84 Å². The summed E-state index contributed by atoms with van der Waals surface area (Å²) in [4.78, 5) is 13.0. The molecule has 0 aliphatic heterocycles. The van der Waals surface area contributed by atoms with Gasteiger partial charge in [0.05, 0.1) is 16.2 Å². The molecule has 0 saturated carbocycles. The lowest BCUT2D eigenvalue weighted by Crippen LogP contribution is -2.29. The van der Waals surface area contributed by atoms with Crippen LogP contribution in [0, 0.1) is 41.5 Å². The number of carbonyl (C=O) groups is 1. The van der Waals surface area contributed by atoms with Crippen molar-refractivity contribution in [3.63, 3.8) is 0 Å². The van der Waals surface area contributed by atoms with E-state index in [1.54, 1.807) is 25.1 Å². The predicted octanol–water partition coefficient (Wildman–Crippen LogP) is 8.61. The molecule has 4 rings (SSSR count). The number of rotatable bonds is 8. The number of anilines is 1. The van der Waals surface area contributed by atoms with E-state index in [1.807, 2.05) is 85.7 Å². The quantitative estimate of drug-likeness (QED) is 0.212. The maximum atomic E-state index is 13.8. The zero-order valence-corrected chi connectivity index (χ0v) is 27.2. The van der Waals surface area contributed by atoms with Crippen LogP contribution in [0.2, 0.25) is 0 Å². The molecule has 0 aliphatic carbocycles. The van der Waals surface area contributed by atoms with Crippen LogP contribution >= 0.6 is 0 Å². The Morgan fingerprint density at radius 2 is 1.26 bits per heavy atom. The maximum Gasteiger partial charge on any atom is 0.337 e. The number of carboxylic acids is 1. The molecule has 1 unspecified atom stereocenters. The van der Waals surface area contributed by atoms with Gasteiger partial charge in [-0.2, -0.15) is 0 Å². The number of aliphatic carboxylic acids is 1. The van der Waals surface area contributed by atoms with Crippen LogP contribution in [0.5, 0.6) is 0 Å². The first kappa shape index (κ1) is 32.0. The fraction of sp³-hybridized carbons (Fsp3) is 0.306. The summed E-state index contributed by atoms with van der Waals surface area (Å²) in [5, 5.41) is 10.6. The Bertz CT molecular complexity index is 1800. The Labute approximate surface area is 255 Å². The van der Waals surface area contributed by atoms with E-state index in [1.165, 1.54) is 12.1 Å². The van der Waals surface area contributed by atoms with Gasteiger partial charge in [-0.1, -0.05) is 54.6 Å². The van der Waals surface area contributed by atoms with E-state index < -0.39 is 27.7 Å². The van der Waals surface area contributed by atoms with Crippen molar-refractivity contribution in [2.75, 3.05) is 4.72 Å². The smallest absolute Gasteiger partial charge is 0.337 e. The van der Waals surface area contributed by atoms with Crippen molar-refractivity contribution in [1.82, 2.24) is 0 Å². The van der Waals surface area contributed by atoms with Crippen molar-refractivity contribution in [2.45, 2.75) is 78.9 Å². The molecule has 0 aliphatic rings. The molecular formula is C36H41NO5S. The zero-order chi connectivity index (χ0) is 31.9. The third-order valence-electron chi connectivity index (χ3n) is 7.89. The fourth-order valence-corrected chi connectivity index (χ4v) is 6.54. The molecule has 0 aromatic heterocycles. The van der Waals surface area contributed by atoms with Crippen LogP contribution < -0.4 is 4.72 Å². The Hall–Kier alpha value is -3.94. The van der Waals surface area contributed by atoms with Gasteiger partial charge in [0, 0.05) is 11.1 Å². The summed E-state index contributed by atoms with van der Waals surface area (Å²) in [5.41, 5.74) is 8.61. The van der Waals surface area contributed by atoms with Crippen molar-refractivity contribution >= 4 is 21.7 Å². The van der Waals surface area contributed by atoms with Crippen molar-refractivity contribution in [1.29, 1.82) is 0 Å². The summed E-state index contributed by atoms with van der Waals surface area (Å²) in [6.07, 6.45) is -1.36. The topological polar surface area (TPSA) is 92.7 Å². The van der Waals surface area contributed by atoms with Gasteiger partial charge in [-0.15, -0.1) is 0 Å². The number of hydrogen-bond acceptors (Lipinski definition) is 4. The summed E-state index contributed by atoms with van der Waals surface area (Å²) in [7, 11) is -4.03.